The summed E-state index contributed by atoms with van der Waals surface area (Å²) in [6.07, 6.45) is 0. The first-order valence-corrected chi connectivity index (χ1v) is 6.35. The Morgan fingerprint density at radius 1 is 1.14 bits per heavy atom. The molecule has 0 fully saturated rings. The summed E-state index contributed by atoms with van der Waals surface area (Å²) in [5.41, 5.74) is 6.22. The molecular weight excluding hydrogens is 272 g/mol. The molecule has 0 unspecified atom stereocenters. The lowest BCUT2D eigenvalue weighted by Gasteiger charge is -2.09. The third kappa shape index (κ3) is 3.79. The average Bonchev–Trinajstić information content (AvgIpc) is 2.48. The molecule has 0 aliphatic rings. The highest BCUT2D eigenvalue weighted by Crippen LogP contribution is 2.27. The number of phenolic OH excluding ortho intramolecular Hbond substituents is 2. The third-order valence-corrected chi connectivity index (χ3v) is 2.80. The topological polar surface area (TPSA) is 105 Å². The maximum absolute atomic E-state index is 11.8. The molecule has 0 bridgehead atoms. The minimum atomic E-state index is -0.482. The van der Waals surface area contributed by atoms with Crippen LogP contribution in [0, 0.1) is 0 Å². The number of nitrogens with one attached hydrogen (secondary N) is 1. The number of rotatable bonds is 5. The van der Waals surface area contributed by atoms with Crippen LogP contribution in [0.2, 0.25) is 0 Å². The van der Waals surface area contributed by atoms with Crippen molar-refractivity contribution in [1.29, 1.82) is 0 Å². The molecule has 0 heterocycles. The number of hydrogen-bond acceptors (Lipinski definition) is 5. The van der Waals surface area contributed by atoms with E-state index < -0.39 is 11.7 Å². The fraction of sp³-hybridized carbons (Fsp3) is 0.133. The highest BCUT2D eigenvalue weighted by atomic mass is 16.5. The van der Waals surface area contributed by atoms with Crippen LogP contribution in [0.5, 0.6) is 17.2 Å². The summed E-state index contributed by atoms with van der Waals surface area (Å²) in [4.78, 5) is 11.8. The lowest BCUT2D eigenvalue weighted by atomic mass is 10.1. The van der Waals surface area contributed by atoms with Crippen molar-refractivity contribution in [2.75, 3.05) is 18.9 Å². The molecule has 0 radical (unpaired) electrons. The van der Waals surface area contributed by atoms with Gasteiger partial charge in [-0.3, -0.25) is 4.79 Å². The van der Waals surface area contributed by atoms with E-state index in [1.165, 1.54) is 18.2 Å². The van der Waals surface area contributed by atoms with E-state index in [1.807, 2.05) is 0 Å². The largest absolute Gasteiger partial charge is 0.504 e. The van der Waals surface area contributed by atoms with Gasteiger partial charge < -0.3 is 26.0 Å². The Morgan fingerprint density at radius 2 is 1.86 bits per heavy atom. The molecule has 2 aromatic carbocycles. The minimum Gasteiger partial charge on any atom is -0.504 e. The van der Waals surface area contributed by atoms with Crippen LogP contribution in [0.4, 0.5) is 5.69 Å². The lowest BCUT2D eigenvalue weighted by molar-refractivity contribution is 0.0943. The third-order valence-electron chi connectivity index (χ3n) is 2.80. The van der Waals surface area contributed by atoms with Crippen molar-refractivity contribution in [1.82, 2.24) is 5.32 Å². The first kappa shape index (κ1) is 14.5. The van der Waals surface area contributed by atoms with E-state index in [2.05, 4.69) is 5.32 Å². The smallest absolute Gasteiger partial charge is 0.255 e. The number of nitrogen functional groups attached to an aromatic ring is 1. The normalized spacial score (nSPS) is 10.1. The van der Waals surface area contributed by atoms with Crippen molar-refractivity contribution < 1.29 is 19.7 Å². The zero-order valence-electron chi connectivity index (χ0n) is 11.2. The predicted octanol–water partition coefficient (Wildman–Crippen LogP) is 1.49. The number of anilines is 1. The molecule has 0 aliphatic heterocycles. The summed E-state index contributed by atoms with van der Waals surface area (Å²) in [6, 6.07) is 11.1. The first-order chi connectivity index (χ1) is 10.1. The van der Waals surface area contributed by atoms with Gasteiger partial charge in [0.2, 0.25) is 0 Å². The van der Waals surface area contributed by atoms with Gasteiger partial charge in [-0.1, -0.05) is 6.07 Å². The number of amides is 1. The number of benzene rings is 2. The number of carbonyl (C=O) groups is 1. The van der Waals surface area contributed by atoms with Crippen molar-refractivity contribution in [3.05, 3.63) is 48.0 Å². The maximum atomic E-state index is 11.8. The SMILES string of the molecule is Nc1ccc(OCCNC(=O)c2cccc(O)c2O)cc1. The van der Waals surface area contributed by atoms with Gasteiger partial charge in [0.15, 0.2) is 11.5 Å². The van der Waals surface area contributed by atoms with E-state index in [-0.39, 0.29) is 24.5 Å². The molecule has 2 rings (SSSR count). The number of aromatic hydroxyl groups is 2. The van der Waals surface area contributed by atoms with Gasteiger partial charge in [-0.2, -0.15) is 0 Å². The van der Waals surface area contributed by atoms with E-state index in [4.69, 9.17) is 10.5 Å². The van der Waals surface area contributed by atoms with Gasteiger partial charge in [0.25, 0.3) is 5.91 Å². The fourth-order valence-electron chi connectivity index (χ4n) is 1.71. The highest BCUT2D eigenvalue weighted by Gasteiger charge is 2.13. The van der Waals surface area contributed by atoms with Gasteiger partial charge in [0.1, 0.15) is 12.4 Å². The molecule has 0 aromatic heterocycles. The van der Waals surface area contributed by atoms with E-state index in [1.54, 1.807) is 24.3 Å². The summed E-state index contributed by atoms with van der Waals surface area (Å²) in [7, 11) is 0. The number of nitrogens with two attached hydrogens (primary N) is 1. The van der Waals surface area contributed by atoms with Crippen LogP contribution in [0.3, 0.4) is 0 Å². The second-order valence-corrected chi connectivity index (χ2v) is 4.35. The van der Waals surface area contributed by atoms with Gasteiger partial charge in [-0.05, 0) is 36.4 Å². The molecule has 21 heavy (non-hydrogen) atoms. The number of para-hydroxylation sites is 1. The van der Waals surface area contributed by atoms with Gasteiger partial charge in [0, 0.05) is 5.69 Å². The molecule has 5 N–H and O–H groups in total. The molecule has 0 saturated carbocycles. The summed E-state index contributed by atoms with van der Waals surface area (Å²) in [5.74, 6) is -0.599. The average molecular weight is 288 g/mol. The monoisotopic (exact) mass is 288 g/mol. The Labute approximate surface area is 121 Å². The van der Waals surface area contributed by atoms with Crippen molar-refractivity contribution in [2.45, 2.75) is 0 Å². The Kier molecular flexibility index (Phi) is 4.50. The molecule has 0 aliphatic carbocycles. The maximum Gasteiger partial charge on any atom is 0.255 e. The zero-order chi connectivity index (χ0) is 15.2. The molecule has 0 saturated heterocycles. The Morgan fingerprint density at radius 3 is 2.57 bits per heavy atom. The Balaban J connectivity index is 1.82. The number of carbonyl (C=O) groups excluding carboxylic acids is 1. The quantitative estimate of drug-likeness (QED) is 0.379. The van der Waals surface area contributed by atoms with Crippen LogP contribution in [-0.2, 0) is 0 Å². The van der Waals surface area contributed by atoms with Gasteiger partial charge in [0.05, 0.1) is 12.1 Å². The second-order valence-electron chi connectivity index (χ2n) is 4.35. The van der Waals surface area contributed by atoms with E-state index in [0.29, 0.717) is 11.4 Å². The van der Waals surface area contributed by atoms with Crippen LogP contribution in [0.25, 0.3) is 0 Å². The van der Waals surface area contributed by atoms with Crippen molar-refractivity contribution in [2.24, 2.45) is 0 Å². The predicted molar refractivity (Wildman–Crippen MR) is 78.5 cm³/mol. The molecule has 0 spiro atoms. The minimum absolute atomic E-state index is 0.0162. The lowest BCUT2D eigenvalue weighted by Crippen LogP contribution is -2.28. The van der Waals surface area contributed by atoms with Crippen molar-refractivity contribution >= 4 is 11.6 Å². The number of phenols is 2. The summed E-state index contributed by atoms with van der Waals surface area (Å²) >= 11 is 0. The van der Waals surface area contributed by atoms with Crippen LogP contribution in [0.1, 0.15) is 10.4 Å². The molecule has 110 valence electrons. The number of ether oxygens (including phenoxy) is 1. The van der Waals surface area contributed by atoms with Gasteiger partial charge in [-0.15, -0.1) is 0 Å². The molecule has 0 atom stereocenters. The van der Waals surface area contributed by atoms with Crippen LogP contribution in [0.15, 0.2) is 42.5 Å². The molecule has 2 aromatic rings. The molecule has 6 heteroatoms. The van der Waals surface area contributed by atoms with Crippen LogP contribution in [-0.4, -0.2) is 29.3 Å². The summed E-state index contributed by atoms with van der Waals surface area (Å²) in [5, 5.41) is 21.5. The Bertz CT molecular complexity index is 626. The summed E-state index contributed by atoms with van der Waals surface area (Å²) < 4.78 is 5.42. The van der Waals surface area contributed by atoms with Gasteiger partial charge >= 0.3 is 0 Å². The fourth-order valence-corrected chi connectivity index (χ4v) is 1.71. The molecular formula is C15H16N2O4. The summed E-state index contributed by atoms with van der Waals surface area (Å²) in [6.45, 7) is 0.535. The van der Waals surface area contributed by atoms with Crippen molar-refractivity contribution in [3.8, 4) is 17.2 Å². The van der Waals surface area contributed by atoms with E-state index in [0.717, 1.165) is 0 Å². The standard InChI is InChI=1S/C15H16N2O4/c16-10-4-6-11(7-5-10)21-9-8-17-15(20)12-2-1-3-13(18)14(12)19/h1-7,18-19H,8-9,16H2,(H,17,20). The molecule has 1 amide bonds. The number of hydrogen-bond donors (Lipinski definition) is 4. The van der Waals surface area contributed by atoms with Crippen LogP contribution < -0.4 is 15.8 Å². The van der Waals surface area contributed by atoms with Gasteiger partial charge in [-0.25, -0.2) is 0 Å². The molecule has 6 nitrogen and oxygen atoms in total. The second kappa shape index (κ2) is 6.51. The van der Waals surface area contributed by atoms with E-state index in [9.17, 15) is 15.0 Å². The van der Waals surface area contributed by atoms with Crippen LogP contribution >= 0.6 is 0 Å². The van der Waals surface area contributed by atoms with Crippen molar-refractivity contribution in [3.63, 3.8) is 0 Å². The highest BCUT2D eigenvalue weighted by molar-refractivity contribution is 5.97. The Hall–Kier alpha value is -2.89. The first-order valence-electron chi connectivity index (χ1n) is 6.35. The van der Waals surface area contributed by atoms with E-state index >= 15 is 0 Å². The zero-order valence-corrected chi connectivity index (χ0v) is 11.2.